The van der Waals surface area contributed by atoms with Gasteiger partial charge in [-0.15, -0.1) is 11.6 Å². The van der Waals surface area contributed by atoms with Crippen LogP contribution in [-0.4, -0.2) is 11.9 Å². The van der Waals surface area contributed by atoms with Crippen LogP contribution in [-0.2, 0) is 4.79 Å². The van der Waals surface area contributed by atoms with E-state index in [4.69, 9.17) is 11.6 Å². The van der Waals surface area contributed by atoms with E-state index in [9.17, 15) is 4.79 Å². The molecule has 0 aliphatic heterocycles. The predicted octanol–water partition coefficient (Wildman–Crippen LogP) is 3.32. The molecule has 14 heavy (non-hydrogen) atoms. The Labute approximate surface area is 101 Å². The van der Waals surface area contributed by atoms with Gasteiger partial charge in [0.25, 0.3) is 0 Å². The molecule has 0 fully saturated rings. The molecule has 0 radical (unpaired) electrons. The molecule has 1 N–H and O–H groups in total. The molecule has 1 heterocycles. The standard InChI is InChI=1S/C9H11BrClNOS/c1-5(2)12-9(13)8(11)6-3-14-4-7(6)10/h3-5,8H,1-2H3,(H,12,13). The van der Waals surface area contributed by atoms with Gasteiger partial charge in [0, 0.05) is 21.5 Å². The number of thiophene rings is 1. The van der Waals surface area contributed by atoms with Gasteiger partial charge in [-0.3, -0.25) is 4.79 Å². The van der Waals surface area contributed by atoms with Crippen LogP contribution in [0.3, 0.4) is 0 Å². The van der Waals surface area contributed by atoms with E-state index in [0.29, 0.717) is 0 Å². The summed E-state index contributed by atoms with van der Waals surface area (Å²) in [5.41, 5.74) is 0.829. The molecule has 0 aliphatic carbocycles. The van der Waals surface area contributed by atoms with Crippen LogP contribution in [0.1, 0.15) is 24.8 Å². The smallest absolute Gasteiger partial charge is 0.242 e. The first-order valence-corrected chi connectivity index (χ1v) is 6.35. The van der Waals surface area contributed by atoms with Crippen LogP contribution in [0.2, 0.25) is 0 Å². The Morgan fingerprint density at radius 1 is 1.57 bits per heavy atom. The zero-order valence-electron chi connectivity index (χ0n) is 7.88. The summed E-state index contributed by atoms with van der Waals surface area (Å²) in [5.74, 6) is -0.152. The normalized spacial score (nSPS) is 12.9. The molecule has 0 spiro atoms. The van der Waals surface area contributed by atoms with E-state index in [-0.39, 0.29) is 11.9 Å². The molecule has 0 aromatic carbocycles. The average molecular weight is 297 g/mol. The third-order valence-corrected chi connectivity index (χ3v) is 3.76. The summed E-state index contributed by atoms with van der Waals surface area (Å²) >= 11 is 10.9. The van der Waals surface area contributed by atoms with Gasteiger partial charge in [0.05, 0.1) is 0 Å². The SMILES string of the molecule is CC(C)NC(=O)C(Cl)c1cscc1Br. The lowest BCUT2D eigenvalue weighted by Crippen LogP contribution is -2.32. The summed E-state index contributed by atoms with van der Waals surface area (Å²) in [6, 6.07) is 0.112. The highest BCUT2D eigenvalue weighted by molar-refractivity contribution is 9.10. The highest BCUT2D eigenvalue weighted by Gasteiger charge is 2.20. The van der Waals surface area contributed by atoms with E-state index in [1.54, 1.807) is 0 Å². The molecule has 2 nitrogen and oxygen atoms in total. The molecule has 0 saturated heterocycles. The van der Waals surface area contributed by atoms with Crippen molar-refractivity contribution in [3.05, 3.63) is 20.8 Å². The molecule has 0 saturated carbocycles. The van der Waals surface area contributed by atoms with Gasteiger partial charge in [-0.1, -0.05) is 0 Å². The first-order valence-electron chi connectivity index (χ1n) is 4.18. The summed E-state index contributed by atoms with van der Waals surface area (Å²) in [6.45, 7) is 3.81. The van der Waals surface area contributed by atoms with Crippen LogP contribution in [0.15, 0.2) is 15.2 Å². The van der Waals surface area contributed by atoms with Crippen molar-refractivity contribution in [3.63, 3.8) is 0 Å². The van der Waals surface area contributed by atoms with Gasteiger partial charge < -0.3 is 5.32 Å². The first-order chi connectivity index (χ1) is 6.52. The van der Waals surface area contributed by atoms with E-state index < -0.39 is 5.38 Å². The lowest BCUT2D eigenvalue weighted by Gasteiger charge is -2.12. The van der Waals surface area contributed by atoms with E-state index >= 15 is 0 Å². The van der Waals surface area contributed by atoms with Gasteiger partial charge in [0.1, 0.15) is 5.38 Å². The summed E-state index contributed by atoms with van der Waals surface area (Å²) in [7, 11) is 0. The number of carbonyl (C=O) groups excluding carboxylic acids is 1. The number of rotatable bonds is 3. The van der Waals surface area contributed by atoms with Crippen LogP contribution < -0.4 is 5.32 Å². The molecule has 1 aromatic rings. The van der Waals surface area contributed by atoms with E-state index in [0.717, 1.165) is 10.0 Å². The van der Waals surface area contributed by atoms with Crippen LogP contribution in [0, 0.1) is 0 Å². The lowest BCUT2D eigenvalue weighted by molar-refractivity contribution is -0.121. The van der Waals surface area contributed by atoms with Gasteiger partial charge in [0.15, 0.2) is 0 Å². The van der Waals surface area contributed by atoms with E-state index in [2.05, 4.69) is 21.2 Å². The Hall–Kier alpha value is -0.0600. The Balaban J connectivity index is 2.71. The molecule has 1 aromatic heterocycles. The fraction of sp³-hybridized carbons (Fsp3) is 0.444. The third-order valence-electron chi connectivity index (χ3n) is 1.58. The largest absolute Gasteiger partial charge is 0.352 e. The van der Waals surface area contributed by atoms with Crippen molar-refractivity contribution in [2.45, 2.75) is 25.3 Å². The summed E-state index contributed by atoms with van der Waals surface area (Å²) in [4.78, 5) is 11.5. The number of amides is 1. The third kappa shape index (κ3) is 2.97. The van der Waals surface area contributed by atoms with Crippen molar-refractivity contribution in [2.24, 2.45) is 0 Å². The van der Waals surface area contributed by atoms with Gasteiger partial charge in [-0.05, 0) is 35.2 Å². The van der Waals surface area contributed by atoms with Crippen molar-refractivity contribution in [3.8, 4) is 0 Å². The molecule has 0 bridgehead atoms. The van der Waals surface area contributed by atoms with Crippen LogP contribution in [0.4, 0.5) is 0 Å². The number of hydrogen-bond donors (Lipinski definition) is 1. The monoisotopic (exact) mass is 295 g/mol. The molecular weight excluding hydrogens is 286 g/mol. The summed E-state index contributed by atoms with van der Waals surface area (Å²) in [6.07, 6.45) is 0. The van der Waals surface area contributed by atoms with Crippen LogP contribution in [0.5, 0.6) is 0 Å². The molecular formula is C9H11BrClNOS. The Bertz CT molecular complexity index is 326. The van der Waals surface area contributed by atoms with Crippen molar-refractivity contribution < 1.29 is 4.79 Å². The minimum atomic E-state index is -0.613. The maximum Gasteiger partial charge on any atom is 0.242 e. The Morgan fingerprint density at radius 2 is 2.21 bits per heavy atom. The van der Waals surface area contributed by atoms with Gasteiger partial charge in [0.2, 0.25) is 5.91 Å². The second-order valence-corrected chi connectivity index (χ2v) is 5.24. The Morgan fingerprint density at radius 3 is 2.64 bits per heavy atom. The van der Waals surface area contributed by atoms with Crippen molar-refractivity contribution in [2.75, 3.05) is 0 Å². The van der Waals surface area contributed by atoms with Gasteiger partial charge in [-0.25, -0.2) is 0 Å². The highest BCUT2D eigenvalue weighted by Crippen LogP contribution is 2.31. The Kier molecular flexibility index (Phi) is 4.41. The number of nitrogens with one attached hydrogen (secondary N) is 1. The molecule has 78 valence electrons. The first kappa shape index (κ1) is 12.0. The van der Waals surface area contributed by atoms with Gasteiger partial charge in [-0.2, -0.15) is 11.3 Å². The van der Waals surface area contributed by atoms with E-state index in [1.165, 1.54) is 11.3 Å². The van der Waals surface area contributed by atoms with Crippen molar-refractivity contribution in [1.29, 1.82) is 0 Å². The van der Waals surface area contributed by atoms with Crippen LogP contribution in [0.25, 0.3) is 0 Å². The average Bonchev–Trinajstić information content (AvgIpc) is 2.48. The fourth-order valence-electron chi connectivity index (χ4n) is 0.971. The number of hydrogen-bond acceptors (Lipinski definition) is 2. The second kappa shape index (κ2) is 5.14. The fourth-order valence-corrected chi connectivity index (χ4v) is 2.97. The molecule has 1 rings (SSSR count). The van der Waals surface area contributed by atoms with Crippen molar-refractivity contribution in [1.82, 2.24) is 5.32 Å². The molecule has 1 atom stereocenters. The van der Waals surface area contributed by atoms with Gasteiger partial charge >= 0.3 is 0 Å². The minimum Gasteiger partial charge on any atom is -0.352 e. The second-order valence-electron chi connectivity index (χ2n) is 3.20. The molecule has 1 amide bonds. The molecule has 1 unspecified atom stereocenters. The number of alkyl halides is 1. The van der Waals surface area contributed by atoms with Crippen molar-refractivity contribution >= 4 is 44.8 Å². The zero-order valence-corrected chi connectivity index (χ0v) is 11.0. The van der Waals surface area contributed by atoms with Crippen LogP contribution >= 0.6 is 38.9 Å². The van der Waals surface area contributed by atoms with E-state index in [1.807, 2.05) is 24.6 Å². The summed E-state index contributed by atoms with van der Waals surface area (Å²) < 4.78 is 0.890. The minimum absolute atomic E-state index is 0.112. The lowest BCUT2D eigenvalue weighted by atomic mass is 10.2. The maximum absolute atomic E-state index is 11.5. The number of halogens is 2. The topological polar surface area (TPSA) is 29.1 Å². The maximum atomic E-state index is 11.5. The molecule has 5 heteroatoms. The molecule has 0 aliphatic rings. The predicted molar refractivity (Wildman–Crippen MR) is 63.9 cm³/mol. The highest BCUT2D eigenvalue weighted by atomic mass is 79.9. The zero-order chi connectivity index (χ0) is 10.7. The quantitative estimate of drug-likeness (QED) is 0.852. The number of carbonyl (C=O) groups is 1. The summed E-state index contributed by atoms with van der Waals surface area (Å²) in [5, 5.41) is 5.94.